The number of ketones is 2. The summed E-state index contributed by atoms with van der Waals surface area (Å²) in [4.78, 5) is 76.7. The van der Waals surface area contributed by atoms with E-state index in [1.807, 2.05) is 6.07 Å². The smallest absolute Gasteiger partial charge is 0.339 e. The van der Waals surface area contributed by atoms with Crippen LogP contribution in [-0.2, 0) is 16.0 Å². The number of benzene rings is 5. The number of nitrogens with zero attached hydrogens (tertiary/aromatic N) is 1. The van der Waals surface area contributed by atoms with Gasteiger partial charge in [0.15, 0.2) is 34.6 Å². The highest BCUT2D eigenvalue weighted by Gasteiger charge is 2.25. The number of carbonyl (C=O) groups is 6. The average molecular weight is 841 g/mol. The molecule has 1 atom stereocenters. The van der Waals surface area contributed by atoms with Crippen molar-refractivity contribution in [1.82, 2.24) is 0 Å². The van der Waals surface area contributed by atoms with E-state index in [1.165, 1.54) is 67.8 Å². The first kappa shape index (κ1) is 44.6. The van der Waals surface area contributed by atoms with Crippen molar-refractivity contribution in [1.29, 1.82) is 5.26 Å². The summed E-state index contributed by atoms with van der Waals surface area (Å²) < 4.78 is 10.3. The highest BCUT2D eigenvalue weighted by Crippen LogP contribution is 2.40. The van der Waals surface area contributed by atoms with Crippen molar-refractivity contribution in [2.45, 2.75) is 26.2 Å². The molecule has 7 N–H and O–H groups in total. The molecule has 0 spiro atoms. The lowest BCUT2D eigenvalue weighted by Gasteiger charge is -2.16. The third-order valence-corrected chi connectivity index (χ3v) is 9.55. The van der Waals surface area contributed by atoms with Crippen LogP contribution in [0.4, 0.5) is 17.1 Å². The van der Waals surface area contributed by atoms with Crippen LogP contribution >= 0.6 is 0 Å². The molecule has 0 bridgehead atoms. The van der Waals surface area contributed by atoms with Gasteiger partial charge in [-0.15, -0.1) is 0 Å². The molecule has 5 aromatic rings. The zero-order valence-corrected chi connectivity index (χ0v) is 33.5. The molecule has 62 heavy (non-hydrogen) atoms. The SMILES string of the molecule is COc1c(NC(=O)c2ccc(NC(=O)c3ccc(NC(=O)[C@H](CC#N)CC(=O)c4ccc(CC(=O)/C=C(\C)c5ccc(O)cc5)cc4)cc3)c(OC)c2O)ccc(C(=O)O)c1O. The molecule has 0 aliphatic heterocycles. The second kappa shape index (κ2) is 20.0. The molecule has 0 aliphatic carbocycles. The van der Waals surface area contributed by atoms with E-state index in [-0.39, 0.29) is 76.3 Å². The molecule has 0 saturated carbocycles. The Kier molecular flexibility index (Phi) is 14.4. The van der Waals surface area contributed by atoms with Gasteiger partial charge in [0, 0.05) is 36.1 Å². The molecule has 0 heterocycles. The number of methoxy groups -OCH3 is 2. The first-order valence-electron chi connectivity index (χ1n) is 18.7. The number of nitrogens with one attached hydrogen (secondary N) is 3. The standard InChI is InChI=1S/C46H40N4O12/c1-25(27-10-14-32(51)15-11-27)22-33(52)23-26-4-6-28(7-5-26)38(53)24-30(20-21-47)44(57)48-31-12-8-29(9-13-31)43(56)49-36-18-16-34(39(54)41(36)61-2)45(58)50-37-19-17-35(46(59)60)40(55)42(37)62-3/h4-19,22,30,51,54-55H,20,23-24H2,1-3H3,(H,48,57)(H,49,56)(H,50,58)(H,59,60)/b25-22+/t30-/m1/s1. The Morgan fingerprint density at radius 2 is 1.21 bits per heavy atom. The lowest BCUT2D eigenvalue weighted by atomic mass is 9.94. The van der Waals surface area contributed by atoms with Crippen molar-refractivity contribution in [2.24, 2.45) is 5.92 Å². The summed E-state index contributed by atoms with van der Waals surface area (Å²) in [7, 11) is 2.36. The predicted molar refractivity (Wildman–Crippen MR) is 227 cm³/mol. The molecule has 0 saturated heterocycles. The number of carbonyl (C=O) groups excluding carboxylic acids is 5. The van der Waals surface area contributed by atoms with E-state index in [0.29, 0.717) is 11.1 Å². The van der Waals surface area contributed by atoms with Crippen molar-refractivity contribution in [2.75, 3.05) is 30.2 Å². The molecule has 3 amide bonds. The van der Waals surface area contributed by atoms with Crippen LogP contribution in [0.25, 0.3) is 5.57 Å². The number of allylic oxidation sites excluding steroid dienone is 2. The molecule has 316 valence electrons. The fourth-order valence-corrected chi connectivity index (χ4v) is 6.26. The zero-order chi connectivity index (χ0) is 45.1. The number of phenols is 3. The predicted octanol–water partition coefficient (Wildman–Crippen LogP) is 6.98. The van der Waals surface area contributed by atoms with Crippen LogP contribution < -0.4 is 25.4 Å². The lowest BCUT2D eigenvalue weighted by molar-refractivity contribution is -0.119. The van der Waals surface area contributed by atoms with E-state index in [2.05, 4.69) is 16.0 Å². The van der Waals surface area contributed by atoms with Gasteiger partial charge in [-0.3, -0.25) is 24.0 Å². The van der Waals surface area contributed by atoms with Gasteiger partial charge in [-0.2, -0.15) is 5.26 Å². The second-order valence-corrected chi connectivity index (χ2v) is 13.8. The average Bonchev–Trinajstić information content (AvgIpc) is 3.24. The molecular formula is C46H40N4O12. The number of hydrogen-bond acceptors (Lipinski definition) is 12. The maximum Gasteiger partial charge on any atom is 0.339 e. The van der Waals surface area contributed by atoms with Crippen molar-refractivity contribution in [3.63, 3.8) is 0 Å². The van der Waals surface area contributed by atoms with E-state index in [4.69, 9.17) is 9.47 Å². The molecule has 5 rings (SSSR count). The number of rotatable bonds is 17. The molecule has 0 fully saturated rings. The summed E-state index contributed by atoms with van der Waals surface area (Å²) in [5, 5.41) is 57.1. The molecule has 5 aromatic carbocycles. The van der Waals surface area contributed by atoms with Crippen LogP contribution in [-0.4, -0.2) is 69.9 Å². The fourth-order valence-electron chi connectivity index (χ4n) is 6.26. The Labute approximate surface area is 354 Å². The molecule has 16 heteroatoms. The molecule has 16 nitrogen and oxygen atoms in total. The lowest BCUT2D eigenvalue weighted by Crippen LogP contribution is -2.25. The van der Waals surface area contributed by atoms with Crippen LogP contribution in [0, 0.1) is 17.2 Å². The third kappa shape index (κ3) is 10.8. The van der Waals surface area contributed by atoms with Gasteiger partial charge in [0.2, 0.25) is 5.91 Å². The number of carboxylic acids is 1. The van der Waals surface area contributed by atoms with E-state index >= 15 is 0 Å². The number of hydrogen-bond donors (Lipinski definition) is 7. The molecule has 0 aliphatic rings. The van der Waals surface area contributed by atoms with Crippen LogP contribution in [0.5, 0.6) is 28.7 Å². The summed E-state index contributed by atoms with van der Waals surface area (Å²) >= 11 is 0. The summed E-state index contributed by atoms with van der Waals surface area (Å²) in [6, 6.07) is 25.3. The first-order chi connectivity index (χ1) is 29.6. The highest BCUT2D eigenvalue weighted by molar-refractivity contribution is 6.10. The number of aromatic hydroxyl groups is 3. The summed E-state index contributed by atoms with van der Waals surface area (Å²) in [5.41, 5.74) is 2.05. The Morgan fingerprint density at radius 1 is 0.677 bits per heavy atom. The number of ether oxygens (including phenoxy) is 2. The molecular weight excluding hydrogens is 801 g/mol. The van der Waals surface area contributed by atoms with Crippen molar-refractivity contribution >= 4 is 57.9 Å². The van der Waals surface area contributed by atoms with Gasteiger partial charge >= 0.3 is 5.97 Å². The number of aromatic carboxylic acids is 1. The van der Waals surface area contributed by atoms with E-state index < -0.39 is 46.7 Å². The van der Waals surface area contributed by atoms with Gasteiger partial charge in [-0.25, -0.2) is 4.79 Å². The first-order valence-corrected chi connectivity index (χ1v) is 18.7. The molecule has 0 radical (unpaired) electrons. The van der Waals surface area contributed by atoms with E-state index in [0.717, 1.165) is 24.3 Å². The Morgan fingerprint density at radius 3 is 1.77 bits per heavy atom. The van der Waals surface area contributed by atoms with Crippen LogP contribution in [0.15, 0.2) is 103 Å². The summed E-state index contributed by atoms with van der Waals surface area (Å²) in [6.07, 6.45) is 1.10. The molecule has 0 unspecified atom stereocenters. The summed E-state index contributed by atoms with van der Waals surface area (Å²) in [5.74, 6) is -6.91. The van der Waals surface area contributed by atoms with Gasteiger partial charge in [0.05, 0.1) is 43.1 Å². The number of amides is 3. The van der Waals surface area contributed by atoms with Crippen LogP contribution in [0.1, 0.15) is 72.3 Å². The van der Waals surface area contributed by atoms with E-state index in [1.54, 1.807) is 43.3 Å². The quantitative estimate of drug-likeness (QED) is 0.0369. The Bertz CT molecular complexity index is 2610. The zero-order valence-electron chi connectivity index (χ0n) is 33.5. The maximum atomic E-state index is 13.2. The minimum absolute atomic E-state index is 0.00804. The minimum Gasteiger partial charge on any atom is -0.508 e. The van der Waals surface area contributed by atoms with Crippen molar-refractivity contribution < 1.29 is 58.7 Å². The number of anilines is 3. The van der Waals surface area contributed by atoms with Gasteiger partial charge < -0.3 is 45.9 Å². The van der Waals surface area contributed by atoms with Gasteiger partial charge in [-0.1, -0.05) is 36.4 Å². The number of phenolic OH excluding ortho intramolecular Hbond substituents is 2. The van der Waals surface area contributed by atoms with Gasteiger partial charge in [0.1, 0.15) is 11.3 Å². The number of carboxylic acid groups (broad SMARTS) is 1. The largest absolute Gasteiger partial charge is 0.508 e. The third-order valence-electron chi connectivity index (χ3n) is 9.55. The number of nitriles is 1. The highest BCUT2D eigenvalue weighted by atomic mass is 16.5. The minimum atomic E-state index is -1.42. The monoisotopic (exact) mass is 840 g/mol. The number of Topliss-reactive ketones (excluding diaryl/α,β-unsaturated/α-hetero) is 1. The Hall–Kier alpha value is -8.45. The van der Waals surface area contributed by atoms with Crippen LogP contribution in [0.3, 0.4) is 0 Å². The Balaban J connectivity index is 1.18. The van der Waals surface area contributed by atoms with Gasteiger partial charge in [-0.05, 0) is 90.4 Å². The summed E-state index contributed by atoms with van der Waals surface area (Å²) in [6.45, 7) is 1.79. The second-order valence-electron chi connectivity index (χ2n) is 13.8. The van der Waals surface area contributed by atoms with Crippen molar-refractivity contribution in [3.8, 4) is 34.8 Å². The van der Waals surface area contributed by atoms with Crippen LogP contribution in [0.2, 0.25) is 0 Å². The van der Waals surface area contributed by atoms with E-state index in [9.17, 15) is 54.5 Å². The topological polar surface area (TPSA) is 262 Å². The van der Waals surface area contributed by atoms with Crippen molar-refractivity contribution in [3.05, 3.63) is 137 Å². The fraction of sp³-hybridized carbons (Fsp3) is 0.152. The normalized spacial score (nSPS) is 11.4. The molecule has 0 aromatic heterocycles. The maximum absolute atomic E-state index is 13.2. The van der Waals surface area contributed by atoms with Gasteiger partial charge in [0.25, 0.3) is 11.8 Å².